The summed E-state index contributed by atoms with van der Waals surface area (Å²) in [5, 5.41) is 9.09. The standard InChI is InChI=1S/C16H20FNO4/c1-2-13(22-14-8-4-3-7-12(14)17)15(19)18-9-5-6-11(10-18)16(20)21/h3-4,7-8,11,13H,2,5-6,9-10H2,1H3,(H,20,21)/t11-,13+/m1/s1. The van der Waals surface area contributed by atoms with Crippen LogP contribution in [0.15, 0.2) is 24.3 Å². The Bertz CT molecular complexity index is 549. The van der Waals surface area contributed by atoms with Crippen molar-refractivity contribution in [1.82, 2.24) is 4.90 Å². The zero-order valence-corrected chi connectivity index (χ0v) is 12.5. The van der Waals surface area contributed by atoms with Crippen molar-refractivity contribution in [3.63, 3.8) is 0 Å². The van der Waals surface area contributed by atoms with Crippen LogP contribution in [0, 0.1) is 11.7 Å². The summed E-state index contributed by atoms with van der Waals surface area (Å²) in [4.78, 5) is 25.1. The number of carbonyl (C=O) groups is 2. The van der Waals surface area contributed by atoms with Gasteiger partial charge in [0.2, 0.25) is 0 Å². The van der Waals surface area contributed by atoms with Crippen molar-refractivity contribution in [3.05, 3.63) is 30.1 Å². The van der Waals surface area contributed by atoms with Gasteiger partial charge in [0.25, 0.3) is 5.91 Å². The van der Waals surface area contributed by atoms with Crippen LogP contribution in [0.5, 0.6) is 5.75 Å². The molecule has 0 aromatic heterocycles. The highest BCUT2D eigenvalue weighted by atomic mass is 19.1. The molecule has 1 heterocycles. The first-order valence-electron chi connectivity index (χ1n) is 7.45. The molecule has 22 heavy (non-hydrogen) atoms. The van der Waals surface area contributed by atoms with Crippen molar-refractivity contribution < 1.29 is 23.8 Å². The second-order valence-corrected chi connectivity index (χ2v) is 5.41. The van der Waals surface area contributed by atoms with Gasteiger partial charge in [-0.1, -0.05) is 19.1 Å². The third-order valence-corrected chi connectivity index (χ3v) is 3.83. The average molecular weight is 309 g/mol. The summed E-state index contributed by atoms with van der Waals surface area (Å²) < 4.78 is 19.1. The molecule has 0 spiro atoms. The summed E-state index contributed by atoms with van der Waals surface area (Å²) >= 11 is 0. The molecule has 0 unspecified atom stereocenters. The maximum Gasteiger partial charge on any atom is 0.308 e. The molecule has 1 saturated heterocycles. The number of hydrogen-bond donors (Lipinski definition) is 1. The second-order valence-electron chi connectivity index (χ2n) is 5.41. The first-order chi connectivity index (χ1) is 10.5. The number of para-hydroxylation sites is 1. The maximum absolute atomic E-state index is 13.6. The Hall–Kier alpha value is -2.11. The molecule has 1 aliphatic rings. The SMILES string of the molecule is CC[C@H](Oc1ccccc1F)C(=O)N1CCC[C@@H](C(=O)O)C1. The third-order valence-electron chi connectivity index (χ3n) is 3.83. The van der Waals surface area contributed by atoms with Gasteiger partial charge in [-0.15, -0.1) is 0 Å². The second kappa shape index (κ2) is 7.24. The predicted molar refractivity (Wildman–Crippen MR) is 78.0 cm³/mol. The Labute approximate surface area is 128 Å². The smallest absolute Gasteiger partial charge is 0.308 e. The normalized spacial score (nSPS) is 19.5. The Morgan fingerprint density at radius 2 is 2.18 bits per heavy atom. The van der Waals surface area contributed by atoms with E-state index in [1.54, 1.807) is 19.1 Å². The minimum absolute atomic E-state index is 0.0366. The van der Waals surface area contributed by atoms with Gasteiger partial charge in [-0.25, -0.2) is 4.39 Å². The number of halogens is 1. The zero-order chi connectivity index (χ0) is 16.1. The van der Waals surface area contributed by atoms with Crippen LogP contribution in [0.1, 0.15) is 26.2 Å². The number of hydrogen-bond acceptors (Lipinski definition) is 3. The van der Waals surface area contributed by atoms with Crippen molar-refractivity contribution in [2.24, 2.45) is 5.92 Å². The highest BCUT2D eigenvalue weighted by Gasteiger charge is 2.32. The lowest BCUT2D eigenvalue weighted by atomic mass is 9.97. The first kappa shape index (κ1) is 16.3. The predicted octanol–water partition coefficient (Wildman–Crippen LogP) is 2.31. The summed E-state index contributed by atoms with van der Waals surface area (Å²) in [6, 6.07) is 5.93. The van der Waals surface area contributed by atoms with Crippen LogP contribution in [-0.4, -0.2) is 41.1 Å². The fourth-order valence-electron chi connectivity index (χ4n) is 2.58. The van der Waals surface area contributed by atoms with Gasteiger partial charge < -0.3 is 14.7 Å². The molecule has 0 aliphatic carbocycles. The van der Waals surface area contributed by atoms with Gasteiger partial charge in [0.05, 0.1) is 5.92 Å². The number of benzene rings is 1. The van der Waals surface area contributed by atoms with Gasteiger partial charge in [-0.2, -0.15) is 0 Å². The van der Waals surface area contributed by atoms with Gasteiger partial charge in [-0.3, -0.25) is 9.59 Å². The van der Waals surface area contributed by atoms with E-state index in [4.69, 9.17) is 9.84 Å². The molecule has 1 aliphatic heterocycles. The lowest BCUT2D eigenvalue weighted by Crippen LogP contribution is -2.48. The fourth-order valence-corrected chi connectivity index (χ4v) is 2.58. The molecule has 0 saturated carbocycles. The van der Waals surface area contributed by atoms with Crippen LogP contribution >= 0.6 is 0 Å². The number of carbonyl (C=O) groups excluding carboxylic acids is 1. The number of carboxylic acid groups (broad SMARTS) is 1. The lowest BCUT2D eigenvalue weighted by Gasteiger charge is -2.33. The minimum Gasteiger partial charge on any atom is -0.481 e. The van der Waals surface area contributed by atoms with Crippen LogP contribution < -0.4 is 4.74 Å². The van der Waals surface area contributed by atoms with Gasteiger partial charge in [0, 0.05) is 13.1 Å². The molecule has 1 amide bonds. The molecule has 120 valence electrons. The first-order valence-corrected chi connectivity index (χ1v) is 7.45. The zero-order valence-electron chi connectivity index (χ0n) is 12.5. The van der Waals surface area contributed by atoms with Gasteiger partial charge in [0.1, 0.15) is 0 Å². The molecule has 5 nitrogen and oxygen atoms in total. The number of likely N-dealkylation sites (tertiary alicyclic amines) is 1. The molecule has 6 heteroatoms. The molecule has 1 fully saturated rings. The number of piperidine rings is 1. The van der Waals surface area contributed by atoms with Crippen LogP contribution in [0.2, 0.25) is 0 Å². The lowest BCUT2D eigenvalue weighted by molar-refractivity contribution is -0.148. The van der Waals surface area contributed by atoms with E-state index >= 15 is 0 Å². The molecule has 2 rings (SSSR count). The summed E-state index contributed by atoms with van der Waals surface area (Å²) in [6.07, 6.45) is 0.814. The molecule has 2 atom stereocenters. The highest BCUT2D eigenvalue weighted by Crippen LogP contribution is 2.22. The van der Waals surface area contributed by atoms with E-state index in [0.717, 1.165) is 0 Å². The molecular weight excluding hydrogens is 289 g/mol. The average Bonchev–Trinajstić information content (AvgIpc) is 2.53. The minimum atomic E-state index is -0.888. The number of amides is 1. The number of ether oxygens (including phenoxy) is 1. The van der Waals surface area contributed by atoms with E-state index < -0.39 is 23.8 Å². The van der Waals surface area contributed by atoms with Crippen LogP contribution in [0.3, 0.4) is 0 Å². The third kappa shape index (κ3) is 3.75. The maximum atomic E-state index is 13.6. The Balaban J connectivity index is 2.05. The van der Waals surface area contributed by atoms with E-state index in [0.29, 0.717) is 25.8 Å². The molecule has 1 aromatic carbocycles. The van der Waals surface area contributed by atoms with Gasteiger partial charge >= 0.3 is 5.97 Å². The Kier molecular flexibility index (Phi) is 5.35. The molecule has 1 aromatic rings. The fraction of sp³-hybridized carbons (Fsp3) is 0.500. The summed E-state index contributed by atoms with van der Waals surface area (Å²) in [5.41, 5.74) is 0. The van der Waals surface area contributed by atoms with Crippen molar-refractivity contribution in [2.45, 2.75) is 32.3 Å². The quantitative estimate of drug-likeness (QED) is 0.906. The van der Waals surface area contributed by atoms with Crippen molar-refractivity contribution >= 4 is 11.9 Å². The van der Waals surface area contributed by atoms with E-state index in [1.165, 1.54) is 17.0 Å². The van der Waals surface area contributed by atoms with Gasteiger partial charge in [-0.05, 0) is 31.4 Å². The highest BCUT2D eigenvalue weighted by molar-refractivity contribution is 5.82. The van der Waals surface area contributed by atoms with Crippen molar-refractivity contribution in [1.29, 1.82) is 0 Å². The summed E-state index contributed by atoms with van der Waals surface area (Å²) in [5.74, 6) is -2.19. The Morgan fingerprint density at radius 3 is 2.82 bits per heavy atom. The van der Waals surface area contributed by atoms with Crippen molar-refractivity contribution in [3.8, 4) is 5.75 Å². The molecule has 0 bridgehead atoms. The van der Waals surface area contributed by atoms with E-state index in [2.05, 4.69) is 0 Å². The number of rotatable bonds is 5. The van der Waals surface area contributed by atoms with E-state index in [1.807, 2.05) is 0 Å². The number of carboxylic acids is 1. The summed E-state index contributed by atoms with van der Waals surface area (Å²) in [7, 11) is 0. The molecule has 1 N–H and O–H groups in total. The topological polar surface area (TPSA) is 66.8 Å². The van der Waals surface area contributed by atoms with E-state index in [9.17, 15) is 14.0 Å². The monoisotopic (exact) mass is 309 g/mol. The van der Waals surface area contributed by atoms with Crippen LogP contribution in [0.4, 0.5) is 4.39 Å². The molecule has 0 radical (unpaired) electrons. The van der Waals surface area contributed by atoms with E-state index in [-0.39, 0.29) is 18.2 Å². The number of aliphatic carboxylic acids is 1. The number of nitrogens with zero attached hydrogens (tertiary/aromatic N) is 1. The largest absolute Gasteiger partial charge is 0.481 e. The van der Waals surface area contributed by atoms with Crippen molar-refractivity contribution in [2.75, 3.05) is 13.1 Å². The van der Waals surface area contributed by atoms with Crippen LogP contribution in [0.25, 0.3) is 0 Å². The molecular formula is C16H20FNO4. The Morgan fingerprint density at radius 1 is 1.45 bits per heavy atom. The van der Waals surface area contributed by atoms with Crippen LogP contribution in [-0.2, 0) is 9.59 Å². The van der Waals surface area contributed by atoms with Gasteiger partial charge in [0.15, 0.2) is 17.7 Å². The summed E-state index contributed by atoms with van der Waals surface area (Å²) in [6.45, 7) is 2.48.